The summed E-state index contributed by atoms with van der Waals surface area (Å²) in [5.74, 6) is -1.55. The number of piperazine rings is 1. The number of carbonyl (C=O) groups is 2. The van der Waals surface area contributed by atoms with Crippen LogP contribution in [0.2, 0.25) is 0 Å². The average Bonchev–Trinajstić information content (AvgIpc) is 2.78. The Morgan fingerprint density at radius 3 is 2.00 bits per heavy atom. The van der Waals surface area contributed by atoms with E-state index < -0.39 is 11.9 Å². The summed E-state index contributed by atoms with van der Waals surface area (Å²) < 4.78 is 11.0. The van der Waals surface area contributed by atoms with E-state index in [0.717, 1.165) is 56.3 Å². The molecule has 174 valence electrons. The van der Waals surface area contributed by atoms with Crippen LogP contribution in [0.5, 0.6) is 17.2 Å². The van der Waals surface area contributed by atoms with Crippen LogP contribution in [0.3, 0.4) is 0 Å². The zero-order valence-electron chi connectivity index (χ0n) is 18.4. The fraction of sp³-hybridized carbons (Fsp3) is 0.391. The second kappa shape index (κ2) is 12.5. The van der Waals surface area contributed by atoms with E-state index in [1.54, 1.807) is 19.2 Å². The van der Waals surface area contributed by atoms with Gasteiger partial charge in [0.25, 0.3) is 0 Å². The van der Waals surface area contributed by atoms with Gasteiger partial charge >= 0.3 is 11.9 Å². The summed E-state index contributed by atoms with van der Waals surface area (Å²) in [5, 5.41) is 24.9. The number of aromatic hydroxyl groups is 1. The smallest absolute Gasteiger partial charge is 0.414 e. The minimum atomic E-state index is -1.82. The van der Waals surface area contributed by atoms with E-state index in [9.17, 15) is 5.11 Å². The molecule has 2 aromatic carbocycles. The van der Waals surface area contributed by atoms with E-state index in [1.807, 2.05) is 25.1 Å². The zero-order valence-corrected chi connectivity index (χ0v) is 18.4. The number of phenols is 1. The molecule has 0 unspecified atom stereocenters. The van der Waals surface area contributed by atoms with Gasteiger partial charge in [0.05, 0.1) is 13.7 Å². The molecule has 0 radical (unpaired) electrons. The average molecular weight is 447 g/mol. The zero-order chi connectivity index (χ0) is 23.5. The molecule has 32 heavy (non-hydrogen) atoms. The number of rotatable bonds is 7. The van der Waals surface area contributed by atoms with E-state index in [-0.39, 0.29) is 0 Å². The molecule has 1 saturated heterocycles. The summed E-state index contributed by atoms with van der Waals surface area (Å²) >= 11 is 0. The van der Waals surface area contributed by atoms with E-state index in [1.165, 1.54) is 5.56 Å². The fourth-order valence-electron chi connectivity index (χ4n) is 3.33. The van der Waals surface area contributed by atoms with Gasteiger partial charge in [-0.1, -0.05) is 18.2 Å². The third-order valence-corrected chi connectivity index (χ3v) is 4.99. The number of phenolic OH excluding ortho intramolecular Hbond substituents is 1. The number of carboxylic acid groups (broad SMARTS) is 2. The lowest BCUT2D eigenvalue weighted by Crippen LogP contribution is -2.45. The Bertz CT molecular complexity index is 884. The van der Waals surface area contributed by atoms with Crippen LogP contribution in [0.4, 0.5) is 0 Å². The molecule has 9 nitrogen and oxygen atoms in total. The molecule has 9 heteroatoms. The second-order valence-corrected chi connectivity index (χ2v) is 7.20. The van der Waals surface area contributed by atoms with E-state index in [2.05, 4.69) is 21.9 Å². The van der Waals surface area contributed by atoms with Gasteiger partial charge in [-0.15, -0.1) is 0 Å². The highest BCUT2D eigenvalue weighted by atomic mass is 16.5. The number of hydrogen-bond donors (Lipinski definition) is 3. The number of carboxylic acids is 2. The van der Waals surface area contributed by atoms with Gasteiger partial charge in [0.15, 0.2) is 0 Å². The maximum atomic E-state index is 10.1. The van der Waals surface area contributed by atoms with Crippen LogP contribution in [-0.4, -0.2) is 77.0 Å². The molecule has 1 heterocycles. The molecule has 3 N–H and O–H groups in total. The molecule has 0 saturated carbocycles. The minimum Gasteiger partial charge on any atom is -0.508 e. The quantitative estimate of drug-likeness (QED) is 0.550. The largest absolute Gasteiger partial charge is 0.508 e. The number of benzene rings is 2. The molecule has 1 fully saturated rings. The number of ether oxygens (including phenoxy) is 2. The van der Waals surface area contributed by atoms with Crippen molar-refractivity contribution in [3.8, 4) is 17.2 Å². The monoisotopic (exact) mass is 446 g/mol. The molecule has 0 aromatic heterocycles. The van der Waals surface area contributed by atoms with E-state index in [4.69, 9.17) is 29.3 Å². The Labute approximate surface area is 187 Å². The van der Waals surface area contributed by atoms with Crippen LogP contribution in [0.1, 0.15) is 18.1 Å². The van der Waals surface area contributed by atoms with Crippen LogP contribution in [0.25, 0.3) is 0 Å². The molecule has 1 aliphatic rings. The lowest BCUT2D eigenvalue weighted by molar-refractivity contribution is -0.159. The van der Waals surface area contributed by atoms with Crippen molar-refractivity contribution in [2.24, 2.45) is 0 Å². The summed E-state index contributed by atoms with van der Waals surface area (Å²) in [6, 6.07) is 13.7. The van der Waals surface area contributed by atoms with E-state index in [0.29, 0.717) is 12.4 Å². The second-order valence-electron chi connectivity index (χ2n) is 7.20. The Balaban J connectivity index is 0.000000534. The number of methoxy groups -OCH3 is 1. The van der Waals surface area contributed by atoms with Crippen molar-refractivity contribution < 1.29 is 34.4 Å². The SMILES string of the molecule is CCOc1ccccc1CN1CCN(Cc2cc(OC)ccc2O)CC1.O=C(O)C(=O)O. The first-order chi connectivity index (χ1) is 15.3. The van der Waals surface area contributed by atoms with Crippen molar-refractivity contribution in [3.63, 3.8) is 0 Å². The van der Waals surface area contributed by atoms with Gasteiger partial charge in [-0.3, -0.25) is 9.80 Å². The van der Waals surface area contributed by atoms with Crippen molar-refractivity contribution >= 4 is 11.9 Å². The minimum absolute atomic E-state index is 0.332. The van der Waals surface area contributed by atoms with Crippen molar-refractivity contribution in [1.29, 1.82) is 0 Å². The van der Waals surface area contributed by atoms with Gasteiger partial charge < -0.3 is 24.8 Å². The lowest BCUT2D eigenvalue weighted by Gasteiger charge is -2.35. The van der Waals surface area contributed by atoms with E-state index >= 15 is 0 Å². The van der Waals surface area contributed by atoms with Gasteiger partial charge in [-0.25, -0.2) is 9.59 Å². The first-order valence-corrected chi connectivity index (χ1v) is 10.3. The Hall–Kier alpha value is -3.30. The molecular formula is C23H30N2O7. The third-order valence-electron chi connectivity index (χ3n) is 4.99. The Morgan fingerprint density at radius 2 is 1.47 bits per heavy atom. The molecule has 0 spiro atoms. The van der Waals surface area contributed by atoms with Crippen molar-refractivity contribution in [2.75, 3.05) is 39.9 Å². The highest BCUT2D eigenvalue weighted by Crippen LogP contribution is 2.25. The van der Waals surface area contributed by atoms with Crippen molar-refractivity contribution in [2.45, 2.75) is 20.0 Å². The maximum absolute atomic E-state index is 10.1. The number of hydrogen-bond acceptors (Lipinski definition) is 7. The summed E-state index contributed by atoms with van der Waals surface area (Å²) in [7, 11) is 1.65. The normalized spacial score (nSPS) is 14.2. The predicted molar refractivity (Wildman–Crippen MR) is 118 cm³/mol. The molecule has 1 aliphatic heterocycles. The topological polar surface area (TPSA) is 120 Å². The fourth-order valence-corrected chi connectivity index (χ4v) is 3.33. The first-order valence-electron chi connectivity index (χ1n) is 10.3. The maximum Gasteiger partial charge on any atom is 0.414 e. The van der Waals surface area contributed by atoms with Crippen molar-refractivity contribution in [3.05, 3.63) is 53.6 Å². The Morgan fingerprint density at radius 1 is 0.906 bits per heavy atom. The van der Waals surface area contributed by atoms with Crippen LogP contribution >= 0.6 is 0 Å². The molecular weight excluding hydrogens is 416 g/mol. The molecule has 3 rings (SSSR count). The van der Waals surface area contributed by atoms with Gasteiger partial charge in [0.2, 0.25) is 0 Å². The molecule has 0 atom stereocenters. The molecule has 0 aliphatic carbocycles. The highest BCUT2D eigenvalue weighted by molar-refractivity contribution is 6.27. The summed E-state index contributed by atoms with van der Waals surface area (Å²) in [5.41, 5.74) is 2.16. The number of para-hydroxylation sites is 1. The lowest BCUT2D eigenvalue weighted by atomic mass is 10.1. The highest BCUT2D eigenvalue weighted by Gasteiger charge is 2.19. The van der Waals surface area contributed by atoms with Gasteiger partial charge in [0.1, 0.15) is 17.2 Å². The molecule has 0 bridgehead atoms. The standard InChI is InChI=1S/C21H28N2O3.C2H2O4/c1-3-26-21-7-5-4-6-17(21)15-22-10-12-23(13-11-22)16-18-14-19(25-2)8-9-20(18)24;3-1(4)2(5)6/h4-9,14,24H,3,10-13,15-16H2,1-2H3;(H,3,4)(H,5,6). The summed E-state index contributed by atoms with van der Waals surface area (Å²) in [6.45, 7) is 8.33. The van der Waals surface area contributed by atoms with Gasteiger partial charge in [-0.05, 0) is 31.2 Å². The van der Waals surface area contributed by atoms with Crippen LogP contribution in [0.15, 0.2) is 42.5 Å². The first kappa shape index (κ1) is 25.0. The summed E-state index contributed by atoms with van der Waals surface area (Å²) in [4.78, 5) is 23.0. The van der Waals surface area contributed by atoms with Crippen LogP contribution in [-0.2, 0) is 22.7 Å². The van der Waals surface area contributed by atoms with Crippen LogP contribution < -0.4 is 9.47 Å². The summed E-state index contributed by atoms with van der Waals surface area (Å²) in [6.07, 6.45) is 0. The molecule has 2 aromatic rings. The number of nitrogens with zero attached hydrogens (tertiary/aromatic N) is 2. The third kappa shape index (κ3) is 7.75. The Kier molecular flexibility index (Phi) is 9.77. The van der Waals surface area contributed by atoms with Gasteiger partial charge in [-0.2, -0.15) is 0 Å². The predicted octanol–water partition coefficient (Wildman–Crippen LogP) is 2.27. The van der Waals surface area contributed by atoms with Gasteiger partial charge in [0, 0.05) is 50.4 Å². The number of aliphatic carboxylic acids is 2. The van der Waals surface area contributed by atoms with Crippen molar-refractivity contribution in [1.82, 2.24) is 9.80 Å². The van der Waals surface area contributed by atoms with Crippen LogP contribution in [0, 0.1) is 0 Å². The molecule has 0 amide bonds.